The van der Waals surface area contributed by atoms with E-state index in [1.54, 1.807) is 0 Å². The molecule has 0 bridgehead atoms. The van der Waals surface area contributed by atoms with Crippen LogP contribution < -0.4 is 5.32 Å². The Morgan fingerprint density at radius 1 is 1.26 bits per heavy atom. The van der Waals surface area contributed by atoms with Gasteiger partial charge >= 0.3 is 0 Å². The number of hydrogen-bond acceptors (Lipinski definition) is 4. The van der Waals surface area contributed by atoms with Gasteiger partial charge in [0.15, 0.2) is 0 Å². The minimum atomic E-state index is -0.151. The van der Waals surface area contributed by atoms with Crippen molar-refractivity contribution < 1.29 is 14.3 Å². The van der Waals surface area contributed by atoms with Gasteiger partial charge in [0, 0.05) is 32.3 Å². The van der Waals surface area contributed by atoms with Crippen molar-refractivity contribution in [1.29, 1.82) is 0 Å². The van der Waals surface area contributed by atoms with Crippen molar-refractivity contribution in [2.45, 2.75) is 31.4 Å². The van der Waals surface area contributed by atoms with Gasteiger partial charge in [-0.05, 0) is 18.9 Å². The molecule has 3 atom stereocenters. The van der Waals surface area contributed by atoms with Crippen molar-refractivity contribution in [3.63, 3.8) is 0 Å². The van der Waals surface area contributed by atoms with Crippen molar-refractivity contribution >= 4 is 5.91 Å². The predicted octanol–water partition coefficient (Wildman–Crippen LogP) is 1.40. The number of nitrogens with one attached hydrogen (secondary N) is 1. The fraction of sp³-hybridized carbons (Fsp3) is 0.611. The topological polar surface area (TPSA) is 50.8 Å². The van der Waals surface area contributed by atoms with Crippen LogP contribution in [0.15, 0.2) is 30.3 Å². The summed E-state index contributed by atoms with van der Waals surface area (Å²) < 4.78 is 11.0. The molecule has 2 saturated heterocycles. The highest BCUT2D eigenvalue weighted by atomic mass is 16.5. The maximum atomic E-state index is 13.0. The number of carbonyl (C=O) groups is 1. The first-order valence-corrected chi connectivity index (χ1v) is 8.52. The Hall–Kier alpha value is -1.43. The average Bonchev–Trinajstić information content (AvgIpc) is 3.02. The van der Waals surface area contributed by atoms with Gasteiger partial charge in [-0.2, -0.15) is 0 Å². The predicted molar refractivity (Wildman–Crippen MR) is 88.4 cm³/mol. The van der Waals surface area contributed by atoms with E-state index in [0.29, 0.717) is 38.9 Å². The number of benzene rings is 1. The molecule has 0 saturated carbocycles. The van der Waals surface area contributed by atoms with E-state index in [9.17, 15) is 4.79 Å². The molecule has 2 aliphatic heterocycles. The number of ether oxygens (including phenoxy) is 2. The molecule has 3 rings (SSSR count). The van der Waals surface area contributed by atoms with E-state index in [2.05, 4.69) is 12.2 Å². The molecule has 2 aliphatic rings. The van der Waals surface area contributed by atoms with Gasteiger partial charge in [0.2, 0.25) is 5.91 Å². The molecule has 2 fully saturated rings. The number of hydrogen-bond donors (Lipinski definition) is 1. The summed E-state index contributed by atoms with van der Waals surface area (Å²) in [7, 11) is 0. The molecule has 1 N–H and O–H groups in total. The molecule has 23 heavy (non-hydrogen) atoms. The van der Waals surface area contributed by atoms with E-state index in [1.165, 1.54) is 0 Å². The van der Waals surface area contributed by atoms with Gasteiger partial charge in [0.1, 0.15) is 0 Å². The highest BCUT2D eigenvalue weighted by Crippen LogP contribution is 2.20. The summed E-state index contributed by atoms with van der Waals surface area (Å²) in [6, 6.07) is 10.4. The van der Waals surface area contributed by atoms with Crippen LogP contribution in [0.2, 0.25) is 0 Å². The third-order valence-electron chi connectivity index (χ3n) is 4.78. The van der Waals surface area contributed by atoms with Crippen LogP contribution in [0.5, 0.6) is 0 Å². The molecule has 5 heteroatoms. The van der Waals surface area contributed by atoms with E-state index in [0.717, 1.165) is 18.6 Å². The summed E-state index contributed by atoms with van der Waals surface area (Å²) >= 11 is 0. The van der Waals surface area contributed by atoms with Gasteiger partial charge in [-0.25, -0.2) is 0 Å². The van der Waals surface area contributed by atoms with Crippen molar-refractivity contribution in [2.24, 2.45) is 0 Å². The van der Waals surface area contributed by atoms with Crippen molar-refractivity contribution in [1.82, 2.24) is 10.2 Å². The molecule has 0 spiro atoms. The van der Waals surface area contributed by atoms with Gasteiger partial charge in [0.25, 0.3) is 0 Å². The number of morpholine rings is 1. The summed E-state index contributed by atoms with van der Waals surface area (Å²) in [5.41, 5.74) is 1.07. The van der Waals surface area contributed by atoms with Crippen molar-refractivity contribution in [2.75, 3.05) is 39.5 Å². The first kappa shape index (κ1) is 16.4. The lowest BCUT2D eigenvalue weighted by atomic mass is 9.96. The van der Waals surface area contributed by atoms with Crippen LogP contribution in [-0.4, -0.2) is 62.4 Å². The highest BCUT2D eigenvalue weighted by molar-refractivity contribution is 5.84. The third-order valence-corrected chi connectivity index (χ3v) is 4.78. The normalized spacial score (nSPS) is 26.2. The molecule has 2 heterocycles. The van der Waals surface area contributed by atoms with E-state index >= 15 is 0 Å². The lowest BCUT2D eigenvalue weighted by Gasteiger charge is -2.31. The molecule has 1 aromatic rings. The van der Waals surface area contributed by atoms with Gasteiger partial charge in [-0.3, -0.25) is 4.79 Å². The Bertz CT molecular complexity index is 502. The van der Waals surface area contributed by atoms with E-state index < -0.39 is 0 Å². The zero-order valence-electron chi connectivity index (χ0n) is 13.7. The zero-order chi connectivity index (χ0) is 16.1. The molecule has 0 radical (unpaired) electrons. The Morgan fingerprint density at radius 2 is 2.00 bits per heavy atom. The fourth-order valence-electron chi connectivity index (χ4n) is 3.31. The summed E-state index contributed by atoms with van der Waals surface area (Å²) in [6.07, 6.45) is 1.22. The number of rotatable bonds is 5. The van der Waals surface area contributed by atoms with Gasteiger partial charge < -0.3 is 19.7 Å². The van der Waals surface area contributed by atoms with Gasteiger partial charge in [-0.1, -0.05) is 30.3 Å². The number of nitrogens with zero attached hydrogens (tertiary/aromatic N) is 1. The number of carbonyl (C=O) groups excluding carboxylic acids is 1. The summed E-state index contributed by atoms with van der Waals surface area (Å²) in [6.45, 7) is 6.18. The second-order valence-electron chi connectivity index (χ2n) is 6.28. The smallest absolute Gasteiger partial charge is 0.231 e. The Labute approximate surface area is 137 Å². The Kier molecular flexibility index (Phi) is 5.65. The molecular weight excluding hydrogens is 292 g/mol. The van der Waals surface area contributed by atoms with Crippen LogP contribution in [0, 0.1) is 0 Å². The van der Waals surface area contributed by atoms with E-state index in [4.69, 9.17) is 9.47 Å². The van der Waals surface area contributed by atoms with E-state index in [-0.39, 0.29) is 17.9 Å². The fourth-order valence-corrected chi connectivity index (χ4v) is 3.31. The molecule has 1 amide bonds. The largest absolute Gasteiger partial charge is 0.378 e. The number of amides is 1. The SMILES string of the molecule is C[C@@H]1OCC[C@H]1NC[C@H](C(=O)N1CCOCC1)c1ccccc1. The van der Waals surface area contributed by atoms with Crippen LogP contribution in [-0.2, 0) is 14.3 Å². The van der Waals surface area contributed by atoms with E-state index in [1.807, 2.05) is 35.2 Å². The second-order valence-corrected chi connectivity index (χ2v) is 6.28. The minimum Gasteiger partial charge on any atom is -0.378 e. The molecule has 126 valence electrons. The maximum Gasteiger partial charge on any atom is 0.231 e. The quantitative estimate of drug-likeness (QED) is 0.891. The maximum absolute atomic E-state index is 13.0. The first-order chi connectivity index (χ1) is 11.3. The first-order valence-electron chi connectivity index (χ1n) is 8.52. The average molecular weight is 318 g/mol. The molecule has 1 aromatic carbocycles. The Morgan fingerprint density at radius 3 is 2.65 bits per heavy atom. The lowest BCUT2D eigenvalue weighted by molar-refractivity contribution is -0.136. The molecular formula is C18H26N2O3. The van der Waals surface area contributed by atoms with Crippen LogP contribution in [0.4, 0.5) is 0 Å². The molecule has 5 nitrogen and oxygen atoms in total. The minimum absolute atomic E-state index is 0.151. The van der Waals surface area contributed by atoms with Crippen LogP contribution >= 0.6 is 0 Å². The van der Waals surface area contributed by atoms with Crippen molar-refractivity contribution in [3.8, 4) is 0 Å². The summed E-state index contributed by atoms with van der Waals surface area (Å²) in [4.78, 5) is 14.9. The molecule has 0 aromatic heterocycles. The van der Waals surface area contributed by atoms with Crippen molar-refractivity contribution in [3.05, 3.63) is 35.9 Å². The highest BCUT2D eigenvalue weighted by Gasteiger charge is 2.30. The van der Waals surface area contributed by atoms with Crippen LogP contribution in [0.1, 0.15) is 24.8 Å². The summed E-state index contributed by atoms with van der Waals surface area (Å²) in [5, 5.41) is 3.55. The molecule has 0 aliphatic carbocycles. The Balaban J connectivity index is 1.69. The monoisotopic (exact) mass is 318 g/mol. The van der Waals surface area contributed by atoms with Crippen LogP contribution in [0.3, 0.4) is 0 Å². The van der Waals surface area contributed by atoms with Crippen LogP contribution in [0.25, 0.3) is 0 Å². The summed E-state index contributed by atoms with van der Waals surface area (Å²) in [5.74, 6) is 0.0423. The standard InChI is InChI=1S/C18H26N2O3/c1-14-17(7-10-23-14)19-13-16(15-5-3-2-4-6-15)18(21)20-8-11-22-12-9-20/h2-6,14,16-17,19H,7-13H2,1H3/t14-,16-,17+/m0/s1. The molecule has 0 unspecified atom stereocenters. The third kappa shape index (κ3) is 4.10. The zero-order valence-corrected chi connectivity index (χ0v) is 13.7. The lowest BCUT2D eigenvalue weighted by Crippen LogP contribution is -2.46. The van der Waals surface area contributed by atoms with Gasteiger partial charge in [0.05, 0.1) is 25.2 Å². The van der Waals surface area contributed by atoms with Gasteiger partial charge in [-0.15, -0.1) is 0 Å². The second kappa shape index (κ2) is 7.90.